The zero-order chi connectivity index (χ0) is 14.2. The molecule has 0 saturated carbocycles. The van der Waals surface area contributed by atoms with E-state index in [-0.39, 0.29) is 5.60 Å². The minimum atomic E-state index is -0.180. The topological polar surface area (TPSA) is 78.8 Å². The van der Waals surface area contributed by atoms with Crippen LogP contribution in [0.3, 0.4) is 0 Å². The number of nitrogen functional groups attached to an aromatic ring is 1. The molecule has 1 aliphatic heterocycles. The quantitative estimate of drug-likeness (QED) is 0.863. The van der Waals surface area contributed by atoms with Crippen LogP contribution in [0.25, 0.3) is 11.4 Å². The van der Waals surface area contributed by atoms with Gasteiger partial charge in [0.1, 0.15) is 0 Å². The van der Waals surface area contributed by atoms with Gasteiger partial charge >= 0.3 is 0 Å². The number of nitrogens with two attached hydrogens (primary N) is 1. The lowest BCUT2D eigenvalue weighted by Crippen LogP contribution is -2.30. The fourth-order valence-electron chi connectivity index (χ4n) is 2.58. The summed E-state index contributed by atoms with van der Waals surface area (Å²) in [6, 6.07) is 5.89. The van der Waals surface area contributed by atoms with Crippen molar-refractivity contribution in [1.29, 1.82) is 0 Å². The first-order valence-corrected chi connectivity index (χ1v) is 6.84. The SMILES string of the molecule is Cc1ccc(-c2nnnn2CC2(C)CCCO2)cc1N. The monoisotopic (exact) mass is 273 g/mol. The first-order valence-electron chi connectivity index (χ1n) is 6.84. The van der Waals surface area contributed by atoms with Gasteiger partial charge in [0.15, 0.2) is 5.82 Å². The van der Waals surface area contributed by atoms with E-state index in [1.165, 1.54) is 0 Å². The Hall–Kier alpha value is -1.95. The summed E-state index contributed by atoms with van der Waals surface area (Å²) in [5.41, 5.74) is 8.52. The van der Waals surface area contributed by atoms with Crippen molar-refractivity contribution in [2.75, 3.05) is 12.3 Å². The summed E-state index contributed by atoms with van der Waals surface area (Å²) in [6.45, 7) is 5.55. The summed E-state index contributed by atoms with van der Waals surface area (Å²) in [7, 11) is 0. The largest absolute Gasteiger partial charge is 0.398 e. The molecule has 1 atom stereocenters. The zero-order valence-corrected chi connectivity index (χ0v) is 11.8. The van der Waals surface area contributed by atoms with Gasteiger partial charge in [-0.05, 0) is 48.7 Å². The van der Waals surface area contributed by atoms with E-state index >= 15 is 0 Å². The Morgan fingerprint density at radius 1 is 1.45 bits per heavy atom. The number of benzene rings is 1. The Balaban J connectivity index is 1.91. The minimum Gasteiger partial charge on any atom is -0.398 e. The van der Waals surface area contributed by atoms with Crippen molar-refractivity contribution in [2.24, 2.45) is 0 Å². The van der Waals surface area contributed by atoms with E-state index in [0.717, 1.165) is 42.1 Å². The van der Waals surface area contributed by atoms with Gasteiger partial charge in [0.2, 0.25) is 0 Å². The Morgan fingerprint density at radius 3 is 3.00 bits per heavy atom. The summed E-state index contributed by atoms with van der Waals surface area (Å²) >= 11 is 0. The fraction of sp³-hybridized carbons (Fsp3) is 0.500. The van der Waals surface area contributed by atoms with Gasteiger partial charge in [-0.2, -0.15) is 0 Å². The molecule has 2 heterocycles. The molecule has 0 spiro atoms. The number of anilines is 1. The number of rotatable bonds is 3. The van der Waals surface area contributed by atoms with Gasteiger partial charge in [-0.25, -0.2) is 4.68 Å². The molecular formula is C14H19N5O. The average molecular weight is 273 g/mol. The Labute approximate surface area is 117 Å². The van der Waals surface area contributed by atoms with E-state index in [0.29, 0.717) is 6.54 Å². The third-order valence-corrected chi connectivity index (χ3v) is 3.85. The maximum Gasteiger partial charge on any atom is 0.182 e. The van der Waals surface area contributed by atoms with Crippen molar-refractivity contribution in [2.45, 2.75) is 38.8 Å². The molecule has 1 aromatic heterocycles. The van der Waals surface area contributed by atoms with Gasteiger partial charge in [-0.3, -0.25) is 0 Å². The van der Waals surface area contributed by atoms with Crippen LogP contribution in [-0.2, 0) is 11.3 Å². The van der Waals surface area contributed by atoms with Crippen LogP contribution in [0, 0.1) is 6.92 Å². The number of ether oxygens (including phenoxy) is 1. The molecule has 6 nitrogen and oxygen atoms in total. The molecule has 0 aliphatic carbocycles. The second-order valence-electron chi connectivity index (χ2n) is 5.63. The first-order chi connectivity index (χ1) is 9.57. The first kappa shape index (κ1) is 13.1. The van der Waals surface area contributed by atoms with Crippen molar-refractivity contribution in [3.05, 3.63) is 23.8 Å². The van der Waals surface area contributed by atoms with Crippen LogP contribution in [-0.4, -0.2) is 32.4 Å². The Bertz CT molecular complexity index is 616. The molecule has 1 aromatic carbocycles. The van der Waals surface area contributed by atoms with Crippen molar-refractivity contribution in [3.63, 3.8) is 0 Å². The van der Waals surface area contributed by atoms with Crippen LogP contribution in [0.5, 0.6) is 0 Å². The van der Waals surface area contributed by atoms with Crippen LogP contribution in [0.1, 0.15) is 25.3 Å². The highest BCUT2D eigenvalue weighted by Crippen LogP contribution is 2.28. The predicted octanol–water partition coefficient (Wildman–Crippen LogP) is 1.80. The number of hydrogen-bond acceptors (Lipinski definition) is 5. The predicted molar refractivity (Wildman–Crippen MR) is 76.0 cm³/mol. The third kappa shape index (κ3) is 2.38. The molecule has 0 amide bonds. The summed E-state index contributed by atoms with van der Waals surface area (Å²) in [5.74, 6) is 0.730. The Kier molecular flexibility index (Phi) is 3.17. The molecular weight excluding hydrogens is 254 g/mol. The van der Waals surface area contributed by atoms with E-state index in [9.17, 15) is 0 Å². The van der Waals surface area contributed by atoms with Crippen LogP contribution in [0.2, 0.25) is 0 Å². The number of hydrogen-bond donors (Lipinski definition) is 1. The van der Waals surface area contributed by atoms with Gasteiger partial charge in [0, 0.05) is 17.9 Å². The zero-order valence-electron chi connectivity index (χ0n) is 11.8. The summed E-state index contributed by atoms with van der Waals surface area (Å²) < 4.78 is 7.61. The summed E-state index contributed by atoms with van der Waals surface area (Å²) in [6.07, 6.45) is 2.12. The van der Waals surface area contributed by atoms with E-state index in [1.807, 2.05) is 25.1 Å². The molecule has 2 N–H and O–H groups in total. The van der Waals surface area contributed by atoms with Gasteiger partial charge < -0.3 is 10.5 Å². The van der Waals surface area contributed by atoms with E-state index in [1.54, 1.807) is 4.68 Å². The van der Waals surface area contributed by atoms with Crippen molar-refractivity contribution in [3.8, 4) is 11.4 Å². The van der Waals surface area contributed by atoms with Crippen molar-refractivity contribution >= 4 is 5.69 Å². The van der Waals surface area contributed by atoms with Gasteiger partial charge in [-0.1, -0.05) is 12.1 Å². The number of aryl methyl sites for hydroxylation is 1. The number of nitrogens with zero attached hydrogens (tertiary/aromatic N) is 4. The van der Waals surface area contributed by atoms with Gasteiger partial charge in [-0.15, -0.1) is 5.10 Å². The second kappa shape index (κ2) is 4.86. The lowest BCUT2D eigenvalue weighted by Gasteiger charge is -2.23. The van der Waals surface area contributed by atoms with E-state index < -0.39 is 0 Å². The average Bonchev–Trinajstić information content (AvgIpc) is 3.03. The third-order valence-electron chi connectivity index (χ3n) is 3.85. The summed E-state index contributed by atoms with van der Waals surface area (Å²) in [5, 5.41) is 12.0. The van der Waals surface area contributed by atoms with Crippen molar-refractivity contribution in [1.82, 2.24) is 20.2 Å². The second-order valence-corrected chi connectivity index (χ2v) is 5.63. The molecule has 1 fully saturated rings. The smallest absolute Gasteiger partial charge is 0.182 e. The number of tetrazole rings is 1. The molecule has 20 heavy (non-hydrogen) atoms. The molecule has 0 radical (unpaired) electrons. The normalized spacial score (nSPS) is 22.3. The molecule has 1 aliphatic rings. The van der Waals surface area contributed by atoms with Crippen LogP contribution in [0.15, 0.2) is 18.2 Å². The van der Waals surface area contributed by atoms with Gasteiger partial charge in [0.05, 0.1) is 12.1 Å². The summed E-state index contributed by atoms with van der Waals surface area (Å²) in [4.78, 5) is 0. The lowest BCUT2D eigenvalue weighted by molar-refractivity contribution is 0.00355. The molecule has 6 heteroatoms. The highest BCUT2D eigenvalue weighted by Gasteiger charge is 2.31. The van der Waals surface area contributed by atoms with E-state index in [4.69, 9.17) is 10.5 Å². The molecule has 3 rings (SSSR count). The standard InChI is InChI=1S/C14H19N5O/c1-10-4-5-11(8-12(10)15)13-16-17-18-19(13)9-14(2)6-3-7-20-14/h4-5,8H,3,6-7,9,15H2,1-2H3. The molecule has 2 aromatic rings. The molecule has 1 unspecified atom stereocenters. The van der Waals surface area contributed by atoms with Crippen molar-refractivity contribution < 1.29 is 4.74 Å². The fourth-order valence-corrected chi connectivity index (χ4v) is 2.58. The minimum absolute atomic E-state index is 0.180. The molecule has 1 saturated heterocycles. The maximum atomic E-state index is 5.96. The Morgan fingerprint density at radius 2 is 2.30 bits per heavy atom. The molecule has 106 valence electrons. The van der Waals surface area contributed by atoms with E-state index in [2.05, 4.69) is 22.4 Å². The maximum absolute atomic E-state index is 5.96. The van der Waals surface area contributed by atoms with Crippen LogP contribution < -0.4 is 5.73 Å². The lowest BCUT2D eigenvalue weighted by atomic mass is 10.0. The van der Waals surface area contributed by atoms with Crippen LogP contribution in [0.4, 0.5) is 5.69 Å². The van der Waals surface area contributed by atoms with Gasteiger partial charge in [0.25, 0.3) is 0 Å². The highest BCUT2D eigenvalue weighted by atomic mass is 16.5. The van der Waals surface area contributed by atoms with Crippen LogP contribution >= 0.6 is 0 Å². The number of aromatic nitrogens is 4. The highest BCUT2D eigenvalue weighted by molar-refractivity contribution is 5.63. The molecule has 0 bridgehead atoms.